The minimum atomic E-state index is -0.655. The van der Waals surface area contributed by atoms with Crippen molar-refractivity contribution in [3.63, 3.8) is 0 Å². The number of nitrogens with one attached hydrogen (secondary N) is 2. The summed E-state index contributed by atoms with van der Waals surface area (Å²) in [5.74, 6) is -0.0236. The zero-order chi connectivity index (χ0) is 18.1. The van der Waals surface area contributed by atoms with Crippen molar-refractivity contribution < 1.29 is 14.3 Å². The van der Waals surface area contributed by atoms with Gasteiger partial charge < -0.3 is 15.4 Å². The molecule has 1 aliphatic heterocycles. The summed E-state index contributed by atoms with van der Waals surface area (Å²) in [7, 11) is 0. The van der Waals surface area contributed by atoms with Crippen molar-refractivity contribution in [2.24, 2.45) is 5.92 Å². The van der Waals surface area contributed by atoms with E-state index in [-0.39, 0.29) is 17.7 Å². The molecule has 1 saturated heterocycles. The van der Waals surface area contributed by atoms with Gasteiger partial charge in [-0.1, -0.05) is 44.2 Å². The van der Waals surface area contributed by atoms with E-state index in [1.807, 2.05) is 44.2 Å². The molecule has 2 N–H and O–H groups in total. The summed E-state index contributed by atoms with van der Waals surface area (Å²) in [6, 6.07) is 8.71. The molecule has 6 nitrogen and oxygen atoms in total. The average Bonchev–Trinajstić information content (AvgIpc) is 2.60. The van der Waals surface area contributed by atoms with Crippen molar-refractivity contribution in [2.45, 2.75) is 26.3 Å². The van der Waals surface area contributed by atoms with E-state index in [1.54, 1.807) is 0 Å². The van der Waals surface area contributed by atoms with Crippen molar-refractivity contribution in [3.05, 3.63) is 35.9 Å². The summed E-state index contributed by atoms with van der Waals surface area (Å²) in [5.41, 5.74) is 0.795. The predicted octanol–water partition coefficient (Wildman–Crippen LogP) is 1.34. The van der Waals surface area contributed by atoms with Crippen molar-refractivity contribution in [3.8, 4) is 0 Å². The first-order valence-electron chi connectivity index (χ1n) is 8.98. The van der Waals surface area contributed by atoms with E-state index in [1.165, 1.54) is 0 Å². The van der Waals surface area contributed by atoms with Crippen LogP contribution in [0.3, 0.4) is 0 Å². The predicted molar refractivity (Wildman–Crippen MR) is 97.0 cm³/mol. The van der Waals surface area contributed by atoms with Gasteiger partial charge in [0.25, 0.3) is 0 Å². The highest BCUT2D eigenvalue weighted by molar-refractivity contribution is 5.88. The van der Waals surface area contributed by atoms with Gasteiger partial charge >= 0.3 is 0 Å². The number of hydrogen-bond acceptors (Lipinski definition) is 4. The molecule has 2 rings (SSSR count). The number of benzene rings is 1. The van der Waals surface area contributed by atoms with E-state index in [2.05, 4.69) is 15.5 Å². The highest BCUT2D eigenvalue weighted by Gasteiger charge is 2.23. The molecule has 1 aromatic carbocycles. The first-order valence-corrected chi connectivity index (χ1v) is 8.98. The molecule has 0 aromatic heterocycles. The normalized spacial score (nSPS) is 16.4. The smallest absolute Gasteiger partial charge is 0.247 e. The van der Waals surface area contributed by atoms with Crippen LogP contribution in [0.15, 0.2) is 30.3 Å². The van der Waals surface area contributed by atoms with Crippen LogP contribution in [0.25, 0.3) is 0 Å². The Morgan fingerprint density at radius 1 is 1.16 bits per heavy atom. The first kappa shape index (κ1) is 19.4. The lowest BCUT2D eigenvalue weighted by Gasteiger charge is -2.27. The maximum atomic E-state index is 12.6. The summed E-state index contributed by atoms with van der Waals surface area (Å²) in [5, 5.41) is 5.82. The van der Waals surface area contributed by atoms with Gasteiger partial charge in [-0.3, -0.25) is 14.5 Å². The molecule has 1 fully saturated rings. The third-order valence-corrected chi connectivity index (χ3v) is 4.13. The molecule has 0 spiro atoms. The second-order valence-corrected chi connectivity index (χ2v) is 6.75. The van der Waals surface area contributed by atoms with Crippen LogP contribution in [0, 0.1) is 5.92 Å². The maximum Gasteiger partial charge on any atom is 0.247 e. The van der Waals surface area contributed by atoms with E-state index in [4.69, 9.17) is 4.74 Å². The summed E-state index contributed by atoms with van der Waals surface area (Å²) < 4.78 is 5.32. The molecule has 0 saturated carbocycles. The third-order valence-electron chi connectivity index (χ3n) is 4.13. The summed E-state index contributed by atoms with van der Waals surface area (Å²) >= 11 is 0. The fraction of sp³-hybridized carbons (Fsp3) is 0.579. The highest BCUT2D eigenvalue weighted by Crippen LogP contribution is 2.14. The minimum Gasteiger partial charge on any atom is -0.379 e. The molecular formula is C19H29N3O3. The highest BCUT2D eigenvalue weighted by atomic mass is 16.5. The summed E-state index contributed by atoms with van der Waals surface area (Å²) in [6.07, 6.45) is 0.407. The van der Waals surface area contributed by atoms with E-state index < -0.39 is 6.04 Å². The fourth-order valence-electron chi connectivity index (χ4n) is 2.80. The van der Waals surface area contributed by atoms with Crippen LogP contribution in [-0.4, -0.2) is 56.1 Å². The Morgan fingerprint density at radius 2 is 1.84 bits per heavy atom. The third kappa shape index (κ3) is 6.84. The fourth-order valence-corrected chi connectivity index (χ4v) is 2.80. The number of carbonyl (C=O) groups excluding carboxylic acids is 2. The number of morpholine rings is 1. The lowest BCUT2D eigenvalue weighted by Crippen LogP contribution is -2.45. The van der Waals surface area contributed by atoms with E-state index in [0.717, 1.165) is 38.4 Å². The Morgan fingerprint density at radius 3 is 2.48 bits per heavy atom. The van der Waals surface area contributed by atoms with E-state index in [0.29, 0.717) is 13.0 Å². The minimum absolute atomic E-state index is 0.104. The summed E-state index contributed by atoms with van der Waals surface area (Å²) in [6.45, 7) is 8.59. The number of amides is 2. The zero-order valence-electron chi connectivity index (χ0n) is 15.2. The standard InChI is InChI=1S/C19H29N3O3/c1-15(2)14-17(23)21-18(16-6-4-3-5-7-16)19(24)20-8-9-22-10-12-25-13-11-22/h3-7,15,18H,8-14H2,1-2H3,(H,20,24)(H,21,23)/t18-/m0/s1. The molecule has 6 heteroatoms. The van der Waals surface area contributed by atoms with Crippen LogP contribution in [0.1, 0.15) is 31.9 Å². The quantitative estimate of drug-likeness (QED) is 0.744. The lowest BCUT2D eigenvalue weighted by molar-refractivity contribution is -0.129. The topological polar surface area (TPSA) is 70.7 Å². The lowest BCUT2D eigenvalue weighted by atomic mass is 10.0. The second-order valence-electron chi connectivity index (χ2n) is 6.75. The van der Waals surface area contributed by atoms with Crippen LogP contribution < -0.4 is 10.6 Å². The average molecular weight is 347 g/mol. The number of hydrogen-bond donors (Lipinski definition) is 2. The van der Waals surface area contributed by atoms with Gasteiger partial charge in [-0.15, -0.1) is 0 Å². The van der Waals surface area contributed by atoms with Crippen LogP contribution in [-0.2, 0) is 14.3 Å². The van der Waals surface area contributed by atoms with Crippen LogP contribution in [0.4, 0.5) is 0 Å². The molecule has 25 heavy (non-hydrogen) atoms. The molecule has 0 aliphatic carbocycles. The second kappa shape index (κ2) is 10.2. The monoisotopic (exact) mass is 347 g/mol. The Balaban J connectivity index is 1.91. The Kier molecular flexibility index (Phi) is 7.88. The molecule has 1 heterocycles. The number of carbonyl (C=O) groups is 2. The van der Waals surface area contributed by atoms with Gasteiger partial charge in [-0.2, -0.15) is 0 Å². The van der Waals surface area contributed by atoms with Crippen LogP contribution in [0.2, 0.25) is 0 Å². The molecule has 2 amide bonds. The number of rotatable bonds is 8. The van der Waals surface area contributed by atoms with Crippen LogP contribution in [0.5, 0.6) is 0 Å². The summed E-state index contributed by atoms with van der Waals surface area (Å²) in [4.78, 5) is 27.0. The largest absolute Gasteiger partial charge is 0.379 e. The van der Waals surface area contributed by atoms with Gasteiger partial charge in [-0.05, 0) is 11.5 Å². The Bertz CT molecular complexity index is 542. The molecule has 0 bridgehead atoms. The Labute approximate surface area is 149 Å². The molecule has 1 aliphatic rings. The number of nitrogens with zero attached hydrogens (tertiary/aromatic N) is 1. The van der Waals surface area contributed by atoms with Crippen LogP contribution >= 0.6 is 0 Å². The van der Waals surface area contributed by atoms with Gasteiger partial charge in [-0.25, -0.2) is 0 Å². The Hall–Kier alpha value is -1.92. The SMILES string of the molecule is CC(C)CC(=O)N[C@H](C(=O)NCCN1CCOCC1)c1ccccc1. The van der Waals surface area contributed by atoms with Gasteiger partial charge in [0.2, 0.25) is 11.8 Å². The van der Waals surface area contributed by atoms with Crippen molar-refractivity contribution in [1.82, 2.24) is 15.5 Å². The molecule has 0 unspecified atom stereocenters. The van der Waals surface area contributed by atoms with E-state index >= 15 is 0 Å². The maximum absolute atomic E-state index is 12.6. The number of ether oxygens (including phenoxy) is 1. The molecule has 138 valence electrons. The van der Waals surface area contributed by atoms with Crippen molar-refractivity contribution in [1.29, 1.82) is 0 Å². The van der Waals surface area contributed by atoms with Gasteiger partial charge in [0.1, 0.15) is 6.04 Å². The molecule has 1 aromatic rings. The first-order chi connectivity index (χ1) is 12.1. The van der Waals surface area contributed by atoms with E-state index in [9.17, 15) is 9.59 Å². The van der Waals surface area contributed by atoms with Crippen molar-refractivity contribution in [2.75, 3.05) is 39.4 Å². The van der Waals surface area contributed by atoms with Gasteiger partial charge in [0.15, 0.2) is 0 Å². The van der Waals surface area contributed by atoms with Gasteiger partial charge in [0, 0.05) is 32.6 Å². The van der Waals surface area contributed by atoms with Gasteiger partial charge in [0.05, 0.1) is 13.2 Å². The van der Waals surface area contributed by atoms with Crippen molar-refractivity contribution >= 4 is 11.8 Å². The molecule has 0 radical (unpaired) electrons. The molecular weight excluding hydrogens is 318 g/mol. The molecule has 1 atom stereocenters. The zero-order valence-corrected chi connectivity index (χ0v) is 15.2.